The molecule has 0 radical (unpaired) electrons. The van der Waals surface area contributed by atoms with Crippen molar-refractivity contribution >= 4 is 11.8 Å². The fourth-order valence-electron chi connectivity index (χ4n) is 4.28. The van der Waals surface area contributed by atoms with Gasteiger partial charge in [0.1, 0.15) is 11.5 Å². The Kier molecular flexibility index (Phi) is 5.73. The molecule has 29 heavy (non-hydrogen) atoms. The Morgan fingerprint density at radius 1 is 1.21 bits per heavy atom. The number of dihydropyridines is 1. The van der Waals surface area contributed by atoms with E-state index in [4.69, 9.17) is 14.2 Å². The molecule has 1 aliphatic heterocycles. The van der Waals surface area contributed by atoms with Crippen LogP contribution in [-0.2, 0) is 14.3 Å². The minimum Gasteiger partial charge on any atom is -0.497 e. The Balaban J connectivity index is 2.23. The van der Waals surface area contributed by atoms with E-state index in [1.807, 2.05) is 19.1 Å². The van der Waals surface area contributed by atoms with Gasteiger partial charge in [-0.15, -0.1) is 0 Å². The predicted molar refractivity (Wildman–Crippen MR) is 110 cm³/mol. The van der Waals surface area contributed by atoms with Crippen molar-refractivity contribution < 1.29 is 23.8 Å². The molecule has 156 valence electrons. The quantitative estimate of drug-likeness (QED) is 0.758. The summed E-state index contributed by atoms with van der Waals surface area (Å²) in [4.78, 5) is 26.1. The van der Waals surface area contributed by atoms with Crippen molar-refractivity contribution in [3.63, 3.8) is 0 Å². The molecular weight excluding hydrogens is 370 g/mol. The number of rotatable bonds is 5. The topological polar surface area (TPSA) is 73.9 Å². The summed E-state index contributed by atoms with van der Waals surface area (Å²) in [7, 11) is 3.15. The third-order valence-corrected chi connectivity index (χ3v) is 5.49. The lowest BCUT2D eigenvalue weighted by Crippen LogP contribution is -2.38. The maximum Gasteiger partial charge on any atom is 0.336 e. The van der Waals surface area contributed by atoms with E-state index in [-0.39, 0.29) is 17.8 Å². The highest BCUT2D eigenvalue weighted by atomic mass is 16.5. The van der Waals surface area contributed by atoms with Gasteiger partial charge in [-0.3, -0.25) is 4.79 Å². The highest BCUT2D eigenvalue weighted by Crippen LogP contribution is 2.49. The van der Waals surface area contributed by atoms with Crippen LogP contribution in [0, 0.1) is 5.41 Å². The van der Waals surface area contributed by atoms with Gasteiger partial charge in [0.15, 0.2) is 5.78 Å². The molecule has 0 fully saturated rings. The number of ketones is 1. The lowest BCUT2D eigenvalue weighted by molar-refractivity contribution is -0.138. The minimum atomic E-state index is -0.547. The van der Waals surface area contributed by atoms with Crippen molar-refractivity contribution in [2.45, 2.75) is 46.5 Å². The summed E-state index contributed by atoms with van der Waals surface area (Å²) < 4.78 is 16.3. The van der Waals surface area contributed by atoms with Gasteiger partial charge in [-0.25, -0.2) is 4.79 Å². The van der Waals surface area contributed by atoms with Crippen LogP contribution in [0.2, 0.25) is 0 Å². The van der Waals surface area contributed by atoms with E-state index in [9.17, 15) is 9.59 Å². The van der Waals surface area contributed by atoms with Crippen LogP contribution >= 0.6 is 0 Å². The van der Waals surface area contributed by atoms with E-state index < -0.39 is 11.9 Å². The van der Waals surface area contributed by atoms with Crippen LogP contribution < -0.4 is 14.8 Å². The third kappa shape index (κ3) is 3.88. The first-order valence-electron chi connectivity index (χ1n) is 9.85. The van der Waals surface area contributed by atoms with E-state index in [0.29, 0.717) is 34.8 Å². The molecule has 1 aliphatic carbocycles. The molecule has 1 atom stereocenters. The van der Waals surface area contributed by atoms with E-state index in [2.05, 4.69) is 19.2 Å². The number of hydrogen-bond donors (Lipinski definition) is 1. The third-order valence-electron chi connectivity index (χ3n) is 5.49. The molecule has 1 aromatic rings. The van der Waals surface area contributed by atoms with Crippen LogP contribution in [0.4, 0.5) is 0 Å². The Morgan fingerprint density at radius 3 is 2.55 bits per heavy atom. The van der Waals surface area contributed by atoms with Crippen molar-refractivity contribution in [2.24, 2.45) is 5.41 Å². The monoisotopic (exact) mass is 399 g/mol. The van der Waals surface area contributed by atoms with Gasteiger partial charge in [0.05, 0.1) is 32.3 Å². The summed E-state index contributed by atoms with van der Waals surface area (Å²) in [5.41, 5.74) is 3.26. The van der Waals surface area contributed by atoms with Gasteiger partial charge in [-0.2, -0.15) is 0 Å². The summed E-state index contributed by atoms with van der Waals surface area (Å²) in [6.07, 6.45) is 1.16. The van der Waals surface area contributed by atoms with Crippen molar-refractivity contribution in [3.05, 3.63) is 46.3 Å². The second kappa shape index (κ2) is 7.93. The smallest absolute Gasteiger partial charge is 0.336 e. The SMILES string of the molecule is CCOC(=O)C1=C(C)NC2=C(C(=O)CC(C)(C)C2)[C@@H]1c1ccc(OC)cc1OC. The number of allylic oxidation sites excluding steroid dienone is 3. The molecule has 1 N–H and O–H groups in total. The molecule has 6 nitrogen and oxygen atoms in total. The maximum atomic E-state index is 13.2. The Hall–Kier alpha value is -2.76. The first kappa shape index (κ1) is 21.0. The molecule has 1 heterocycles. The van der Waals surface area contributed by atoms with Crippen molar-refractivity contribution in [2.75, 3.05) is 20.8 Å². The predicted octanol–water partition coefficient (Wildman–Crippen LogP) is 3.87. The van der Waals surface area contributed by atoms with Crippen LogP contribution in [0.5, 0.6) is 11.5 Å². The summed E-state index contributed by atoms with van der Waals surface area (Å²) in [5.74, 6) is 0.277. The molecule has 1 aromatic carbocycles. The molecule has 2 aliphatic rings. The van der Waals surface area contributed by atoms with Crippen molar-refractivity contribution in [1.82, 2.24) is 5.32 Å². The van der Waals surface area contributed by atoms with Gasteiger partial charge in [-0.1, -0.05) is 19.9 Å². The molecule has 0 amide bonds. The summed E-state index contributed by atoms with van der Waals surface area (Å²) in [6, 6.07) is 5.44. The molecule has 6 heteroatoms. The van der Waals surface area contributed by atoms with Crippen molar-refractivity contribution in [3.8, 4) is 11.5 Å². The average molecular weight is 399 g/mol. The fourth-order valence-corrected chi connectivity index (χ4v) is 4.28. The molecule has 0 saturated carbocycles. The van der Waals surface area contributed by atoms with E-state index >= 15 is 0 Å². The molecular formula is C23H29NO5. The van der Waals surface area contributed by atoms with Crippen LogP contribution in [0.1, 0.15) is 52.0 Å². The van der Waals surface area contributed by atoms with E-state index in [1.54, 1.807) is 27.2 Å². The summed E-state index contributed by atoms with van der Waals surface area (Å²) >= 11 is 0. The number of methoxy groups -OCH3 is 2. The number of hydrogen-bond acceptors (Lipinski definition) is 6. The number of nitrogens with one attached hydrogen (secondary N) is 1. The standard InChI is InChI=1S/C23H29NO5/c1-7-29-22(26)19-13(2)24-16-11-23(3,4)12-17(25)21(16)20(19)15-9-8-14(27-5)10-18(15)28-6/h8-10,20,24H,7,11-12H2,1-6H3/t20-/m1/s1. The zero-order chi connectivity index (χ0) is 21.3. The Morgan fingerprint density at radius 2 is 1.93 bits per heavy atom. The van der Waals surface area contributed by atoms with Gasteiger partial charge in [0, 0.05) is 35.0 Å². The number of ether oxygens (including phenoxy) is 3. The summed E-state index contributed by atoms with van der Waals surface area (Å²) in [6.45, 7) is 8.05. The van der Waals surface area contributed by atoms with Gasteiger partial charge in [0.25, 0.3) is 0 Å². The van der Waals surface area contributed by atoms with Crippen LogP contribution in [0.25, 0.3) is 0 Å². The van der Waals surface area contributed by atoms with E-state index in [1.165, 1.54) is 0 Å². The number of benzene rings is 1. The lowest BCUT2D eigenvalue weighted by Gasteiger charge is -2.39. The van der Waals surface area contributed by atoms with Crippen LogP contribution in [0.15, 0.2) is 40.7 Å². The largest absolute Gasteiger partial charge is 0.497 e. The normalized spacial score (nSPS) is 20.8. The average Bonchev–Trinajstić information content (AvgIpc) is 2.65. The Bertz CT molecular complexity index is 910. The minimum absolute atomic E-state index is 0.0425. The van der Waals surface area contributed by atoms with Gasteiger partial charge in [-0.05, 0) is 31.7 Å². The zero-order valence-electron chi connectivity index (χ0n) is 18.0. The fraction of sp³-hybridized carbons (Fsp3) is 0.478. The molecule has 3 rings (SSSR count). The van der Waals surface area contributed by atoms with Crippen LogP contribution in [0.3, 0.4) is 0 Å². The number of esters is 1. The van der Waals surface area contributed by atoms with E-state index in [0.717, 1.165) is 17.7 Å². The molecule has 0 spiro atoms. The molecule has 0 saturated heterocycles. The zero-order valence-corrected chi connectivity index (χ0v) is 18.0. The molecule has 0 unspecified atom stereocenters. The second-order valence-corrected chi connectivity index (χ2v) is 8.26. The number of Topliss-reactive ketones (excluding diaryl/α,β-unsaturated/α-hetero) is 1. The Labute approximate surface area is 171 Å². The van der Waals surface area contributed by atoms with Gasteiger partial charge in [0.2, 0.25) is 0 Å². The summed E-state index contributed by atoms with van der Waals surface area (Å²) in [5, 5.41) is 3.33. The lowest BCUT2D eigenvalue weighted by atomic mass is 9.68. The van der Waals surface area contributed by atoms with Crippen molar-refractivity contribution in [1.29, 1.82) is 0 Å². The first-order chi connectivity index (χ1) is 13.7. The second-order valence-electron chi connectivity index (χ2n) is 8.26. The highest BCUT2D eigenvalue weighted by Gasteiger charge is 2.44. The van der Waals surface area contributed by atoms with Crippen LogP contribution in [-0.4, -0.2) is 32.6 Å². The highest BCUT2D eigenvalue weighted by molar-refractivity contribution is 6.04. The van der Waals surface area contributed by atoms with Gasteiger partial charge >= 0.3 is 5.97 Å². The maximum absolute atomic E-state index is 13.2. The molecule has 0 bridgehead atoms. The number of carbonyl (C=O) groups excluding carboxylic acids is 2. The molecule has 0 aromatic heterocycles. The number of carbonyl (C=O) groups is 2. The first-order valence-corrected chi connectivity index (χ1v) is 9.85. The van der Waals surface area contributed by atoms with Gasteiger partial charge < -0.3 is 19.5 Å².